The maximum atomic E-state index is 14.0. The van der Waals surface area contributed by atoms with Gasteiger partial charge in [-0.25, -0.2) is 0 Å². The van der Waals surface area contributed by atoms with Crippen LogP contribution in [0.1, 0.15) is 90.9 Å². The lowest BCUT2D eigenvalue weighted by atomic mass is 9.89. The molecule has 2 unspecified atom stereocenters. The van der Waals surface area contributed by atoms with Crippen molar-refractivity contribution in [3.8, 4) is 33.8 Å². The van der Waals surface area contributed by atoms with Crippen molar-refractivity contribution in [1.82, 2.24) is 0 Å². The lowest BCUT2D eigenvalue weighted by molar-refractivity contribution is -0.119. The van der Waals surface area contributed by atoms with Crippen molar-refractivity contribution in [2.24, 2.45) is 0 Å². The van der Waals surface area contributed by atoms with E-state index in [-0.39, 0.29) is 17.1 Å². The Bertz CT molecular complexity index is 1900. The van der Waals surface area contributed by atoms with Crippen LogP contribution in [0, 0.1) is 69.2 Å². The summed E-state index contributed by atoms with van der Waals surface area (Å²) in [5, 5.41) is 23.0. The number of carbonyl (C=O) groups is 1. The van der Waals surface area contributed by atoms with Gasteiger partial charge in [-0.15, -0.1) is 0 Å². The maximum absolute atomic E-state index is 14.0. The van der Waals surface area contributed by atoms with Gasteiger partial charge in [-0.05, 0) is 152 Å². The molecule has 1 saturated heterocycles. The summed E-state index contributed by atoms with van der Waals surface area (Å²) in [5.41, 5.74) is 17.9. The van der Waals surface area contributed by atoms with Crippen LogP contribution in [0.2, 0.25) is 0 Å². The van der Waals surface area contributed by atoms with Crippen LogP contribution >= 0.6 is 7.92 Å². The Labute approximate surface area is 293 Å². The molecule has 0 spiro atoms. The predicted molar refractivity (Wildman–Crippen MR) is 207 cm³/mol. The Hall–Kier alpha value is -4.20. The number of phenolic OH excluding ortho intramolecular Hbond substituents is 2. The predicted octanol–water partition coefficient (Wildman–Crippen LogP) is 11.5. The average Bonchev–Trinajstić information content (AvgIpc) is 3.01. The van der Waals surface area contributed by atoms with Crippen molar-refractivity contribution in [2.75, 3.05) is 0 Å². The first kappa shape index (κ1) is 34.7. The Morgan fingerprint density at radius 1 is 0.510 bits per heavy atom. The van der Waals surface area contributed by atoms with Gasteiger partial charge in [0, 0.05) is 24.2 Å². The van der Waals surface area contributed by atoms with E-state index in [9.17, 15) is 15.0 Å². The highest BCUT2D eigenvalue weighted by molar-refractivity contribution is 7.67. The number of rotatable bonds is 5. The Morgan fingerprint density at radius 2 is 0.837 bits per heavy atom. The molecule has 49 heavy (non-hydrogen) atoms. The molecule has 1 heterocycles. The standard InChI is InChI=1S/C45H49O3P/c1-24-14-26(3)41(27(4)15-24)37-12-11-13-38(42-28(5)16-25(2)17-29(42)6)45(37)49-39(34-18-30(7)43(47)31(8)19-34)22-36(46)23-40(49)35-20-32(9)44(48)33(10)21-35/h11-21,39-40,47-48H,22-23H2,1-10H3. The fourth-order valence-corrected chi connectivity index (χ4v) is 12.3. The zero-order chi connectivity index (χ0) is 35.5. The van der Waals surface area contributed by atoms with Crippen LogP contribution in [0.5, 0.6) is 11.5 Å². The summed E-state index contributed by atoms with van der Waals surface area (Å²) in [6.07, 6.45) is 0.904. The van der Waals surface area contributed by atoms with Crippen LogP contribution < -0.4 is 5.30 Å². The van der Waals surface area contributed by atoms with E-state index in [0.29, 0.717) is 24.3 Å². The van der Waals surface area contributed by atoms with E-state index in [1.807, 2.05) is 27.7 Å². The molecule has 0 aliphatic carbocycles. The number of aryl methyl sites for hydroxylation is 10. The third-order valence-electron chi connectivity index (χ3n) is 10.5. The SMILES string of the molecule is Cc1cc(C)c(-c2cccc(-c3c(C)cc(C)cc3C)c2P2C(c3cc(C)c(O)c(C)c3)CC(=O)CC2c2cc(C)c(O)c(C)c2)c(C)c1. The molecule has 5 aromatic rings. The van der Waals surface area contributed by atoms with Gasteiger partial charge in [0.05, 0.1) is 0 Å². The third-order valence-corrected chi connectivity index (χ3v) is 13.8. The smallest absolute Gasteiger partial charge is 0.134 e. The van der Waals surface area contributed by atoms with Crippen LogP contribution in [0.4, 0.5) is 0 Å². The van der Waals surface area contributed by atoms with Crippen LogP contribution in [0.3, 0.4) is 0 Å². The monoisotopic (exact) mass is 668 g/mol. The van der Waals surface area contributed by atoms with E-state index in [0.717, 1.165) is 33.4 Å². The number of ketones is 1. The second-order valence-corrected chi connectivity index (χ2v) is 17.2. The number of hydrogen-bond donors (Lipinski definition) is 2. The van der Waals surface area contributed by atoms with Gasteiger partial charge >= 0.3 is 0 Å². The summed E-state index contributed by atoms with van der Waals surface area (Å²) in [6, 6.07) is 24.4. The van der Waals surface area contributed by atoms with Gasteiger partial charge in [0.2, 0.25) is 0 Å². The van der Waals surface area contributed by atoms with E-state index < -0.39 is 7.92 Å². The van der Waals surface area contributed by atoms with E-state index in [2.05, 4.69) is 108 Å². The Balaban J connectivity index is 1.78. The minimum absolute atomic E-state index is 0.0642. The van der Waals surface area contributed by atoms with E-state index in [1.54, 1.807) is 0 Å². The molecule has 6 rings (SSSR count). The fraction of sp³-hybridized carbons (Fsp3) is 0.311. The summed E-state index contributed by atoms with van der Waals surface area (Å²) < 4.78 is 0. The van der Waals surface area contributed by atoms with Crippen LogP contribution in [0.25, 0.3) is 22.3 Å². The molecule has 1 fully saturated rings. The van der Waals surface area contributed by atoms with Gasteiger partial charge in [-0.1, -0.05) is 85.8 Å². The van der Waals surface area contributed by atoms with Crippen molar-refractivity contribution in [3.05, 3.63) is 133 Å². The molecule has 0 amide bonds. The van der Waals surface area contributed by atoms with Crippen LogP contribution in [-0.4, -0.2) is 16.0 Å². The van der Waals surface area contributed by atoms with E-state index >= 15 is 0 Å². The molecule has 1 aliphatic heterocycles. The lowest BCUT2D eigenvalue weighted by Gasteiger charge is -2.42. The number of carbonyl (C=O) groups excluding carboxylic acids is 1. The highest BCUT2D eigenvalue weighted by Gasteiger charge is 2.42. The molecule has 2 atom stereocenters. The topological polar surface area (TPSA) is 57.5 Å². The van der Waals surface area contributed by atoms with Gasteiger partial charge < -0.3 is 10.2 Å². The second-order valence-electron chi connectivity index (χ2n) is 14.6. The lowest BCUT2D eigenvalue weighted by Crippen LogP contribution is -2.26. The molecule has 252 valence electrons. The summed E-state index contributed by atoms with van der Waals surface area (Å²) in [7, 11) is -1.08. The molecule has 4 heteroatoms. The highest BCUT2D eigenvalue weighted by Crippen LogP contribution is 2.68. The first-order valence-electron chi connectivity index (χ1n) is 17.4. The third kappa shape index (κ3) is 6.35. The summed E-state index contributed by atoms with van der Waals surface area (Å²) >= 11 is 0. The van der Waals surface area contributed by atoms with Crippen molar-refractivity contribution in [1.29, 1.82) is 0 Å². The molecule has 0 saturated carbocycles. The highest BCUT2D eigenvalue weighted by atomic mass is 31.1. The first-order valence-corrected chi connectivity index (χ1v) is 18.8. The maximum Gasteiger partial charge on any atom is 0.134 e. The minimum atomic E-state index is -1.08. The fourth-order valence-electron chi connectivity index (χ4n) is 8.60. The largest absolute Gasteiger partial charge is 0.507 e. The van der Waals surface area contributed by atoms with E-state index in [4.69, 9.17) is 0 Å². The summed E-state index contributed by atoms with van der Waals surface area (Å²) in [5.74, 6) is 0.883. The second kappa shape index (κ2) is 13.3. The molecular weight excluding hydrogens is 619 g/mol. The molecule has 3 nitrogen and oxygen atoms in total. The molecule has 0 aromatic heterocycles. The van der Waals surface area contributed by atoms with Crippen LogP contribution in [0.15, 0.2) is 66.7 Å². The number of benzene rings is 5. The van der Waals surface area contributed by atoms with Crippen molar-refractivity contribution >= 4 is 19.0 Å². The molecule has 2 N–H and O–H groups in total. The first-order chi connectivity index (χ1) is 23.2. The summed E-state index contributed by atoms with van der Waals surface area (Å²) in [4.78, 5) is 14.0. The molecular formula is C45H49O3P. The van der Waals surface area contributed by atoms with Crippen molar-refractivity contribution < 1.29 is 15.0 Å². The minimum Gasteiger partial charge on any atom is -0.507 e. The molecule has 5 aromatic carbocycles. The molecule has 1 aliphatic rings. The van der Waals surface area contributed by atoms with Gasteiger partial charge in [0.25, 0.3) is 0 Å². The number of hydrogen-bond acceptors (Lipinski definition) is 3. The van der Waals surface area contributed by atoms with Gasteiger partial charge in [0.15, 0.2) is 0 Å². The zero-order valence-corrected chi connectivity index (χ0v) is 31.6. The number of phenols is 2. The molecule has 0 bridgehead atoms. The van der Waals surface area contributed by atoms with Crippen molar-refractivity contribution in [2.45, 2.75) is 93.4 Å². The van der Waals surface area contributed by atoms with Gasteiger partial charge in [0.1, 0.15) is 17.3 Å². The van der Waals surface area contributed by atoms with Crippen molar-refractivity contribution in [3.63, 3.8) is 0 Å². The van der Waals surface area contributed by atoms with Gasteiger partial charge in [-0.2, -0.15) is 0 Å². The van der Waals surface area contributed by atoms with E-state index in [1.165, 1.54) is 60.9 Å². The number of Topliss-reactive ketones (excluding diaryl/α,β-unsaturated/α-hetero) is 1. The Kier molecular flexibility index (Phi) is 9.38. The zero-order valence-electron chi connectivity index (χ0n) is 30.7. The van der Waals surface area contributed by atoms with Crippen LogP contribution in [-0.2, 0) is 4.79 Å². The Morgan fingerprint density at radius 3 is 1.16 bits per heavy atom. The summed E-state index contributed by atoms with van der Waals surface area (Å²) in [6.45, 7) is 21.0. The number of aromatic hydroxyl groups is 2. The quantitative estimate of drug-likeness (QED) is 0.183. The normalized spacial score (nSPS) is 17.8. The van der Waals surface area contributed by atoms with Gasteiger partial charge in [-0.3, -0.25) is 4.79 Å². The average molecular weight is 669 g/mol. The molecule has 0 radical (unpaired) electrons.